The third kappa shape index (κ3) is 3.66. The summed E-state index contributed by atoms with van der Waals surface area (Å²) in [5.74, 6) is 0. The van der Waals surface area contributed by atoms with Crippen LogP contribution >= 0.6 is 15.9 Å². The second-order valence-electron chi connectivity index (χ2n) is 5.39. The Bertz CT molecular complexity index is 593. The SMILES string of the molecule is CCc1ccc(N(C)C(CN)c2ccc(C)c(Br)c2)cc1. The highest BCUT2D eigenvalue weighted by Crippen LogP contribution is 2.28. The molecule has 0 radical (unpaired) electrons. The van der Waals surface area contributed by atoms with Crippen LogP contribution in [0.3, 0.4) is 0 Å². The first kappa shape index (κ1) is 16.1. The van der Waals surface area contributed by atoms with E-state index >= 15 is 0 Å². The van der Waals surface area contributed by atoms with Crippen molar-refractivity contribution in [1.29, 1.82) is 0 Å². The van der Waals surface area contributed by atoms with Gasteiger partial charge in [0, 0.05) is 23.8 Å². The molecule has 0 aliphatic rings. The second kappa shape index (κ2) is 7.10. The van der Waals surface area contributed by atoms with E-state index in [1.807, 2.05) is 0 Å². The molecule has 2 aromatic carbocycles. The van der Waals surface area contributed by atoms with Crippen LogP contribution in [-0.4, -0.2) is 13.6 Å². The van der Waals surface area contributed by atoms with Gasteiger partial charge in [-0.2, -0.15) is 0 Å². The number of hydrogen-bond donors (Lipinski definition) is 1. The first-order valence-corrected chi connectivity index (χ1v) is 8.14. The van der Waals surface area contributed by atoms with Crippen molar-refractivity contribution in [3.05, 3.63) is 63.6 Å². The zero-order valence-corrected chi connectivity index (χ0v) is 14.5. The quantitative estimate of drug-likeness (QED) is 0.865. The molecule has 2 aromatic rings. The van der Waals surface area contributed by atoms with Crippen LogP contribution in [0.5, 0.6) is 0 Å². The van der Waals surface area contributed by atoms with Gasteiger partial charge >= 0.3 is 0 Å². The van der Waals surface area contributed by atoms with Gasteiger partial charge in [0.2, 0.25) is 0 Å². The number of benzene rings is 2. The predicted molar refractivity (Wildman–Crippen MR) is 94.9 cm³/mol. The summed E-state index contributed by atoms with van der Waals surface area (Å²) in [6.45, 7) is 4.85. The smallest absolute Gasteiger partial charge is 0.0661 e. The minimum absolute atomic E-state index is 0.175. The molecule has 112 valence electrons. The second-order valence-corrected chi connectivity index (χ2v) is 6.25. The lowest BCUT2D eigenvalue weighted by Gasteiger charge is -2.30. The average molecular weight is 347 g/mol. The molecular formula is C18H23BrN2. The van der Waals surface area contributed by atoms with E-state index < -0.39 is 0 Å². The highest BCUT2D eigenvalue weighted by atomic mass is 79.9. The van der Waals surface area contributed by atoms with Crippen LogP contribution in [0.1, 0.15) is 29.7 Å². The summed E-state index contributed by atoms with van der Waals surface area (Å²) in [4.78, 5) is 2.25. The monoisotopic (exact) mass is 346 g/mol. The van der Waals surface area contributed by atoms with Gasteiger partial charge in [0.05, 0.1) is 6.04 Å². The lowest BCUT2D eigenvalue weighted by molar-refractivity contribution is 0.680. The summed E-state index contributed by atoms with van der Waals surface area (Å²) < 4.78 is 1.13. The fourth-order valence-electron chi connectivity index (χ4n) is 2.48. The Morgan fingerprint density at radius 2 is 1.81 bits per heavy atom. The number of aryl methyl sites for hydroxylation is 2. The van der Waals surface area contributed by atoms with E-state index in [1.165, 1.54) is 22.4 Å². The molecule has 1 unspecified atom stereocenters. The summed E-state index contributed by atoms with van der Waals surface area (Å²) >= 11 is 3.61. The zero-order chi connectivity index (χ0) is 15.4. The van der Waals surface area contributed by atoms with Crippen molar-refractivity contribution in [3.63, 3.8) is 0 Å². The maximum atomic E-state index is 6.03. The molecule has 0 heterocycles. The Balaban J connectivity index is 2.28. The number of nitrogens with two attached hydrogens (primary N) is 1. The Kier molecular flexibility index (Phi) is 5.43. The van der Waals surface area contributed by atoms with Gasteiger partial charge in [-0.05, 0) is 48.2 Å². The van der Waals surface area contributed by atoms with E-state index in [4.69, 9.17) is 5.73 Å². The van der Waals surface area contributed by atoms with Crippen LogP contribution in [0.15, 0.2) is 46.9 Å². The lowest BCUT2D eigenvalue weighted by atomic mass is 10.0. The zero-order valence-electron chi connectivity index (χ0n) is 12.9. The highest BCUT2D eigenvalue weighted by molar-refractivity contribution is 9.10. The van der Waals surface area contributed by atoms with Gasteiger partial charge in [-0.1, -0.05) is 47.1 Å². The molecule has 0 fully saturated rings. The molecule has 0 aromatic heterocycles. The van der Waals surface area contributed by atoms with Crippen molar-refractivity contribution in [2.24, 2.45) is 5.73 Å². The standard InChI is InChI=1S/C18H23BrN2/c1-4-14-6-9-16(10-7-14)21(3)18(12-20)15-8-5-13(2)17(19)11-15/h5-11,18H,4,12,20H2,1-3H3. The normalized spacial score (nSPS) is 12.2. The maximum absolute atomic E-state index is 6.03. The number of nitrogens with zero attached hydrogens (tertiary/aromatic N) is 1. The molecule has 1 atom stereocenters. The van der Waals surface area contributed by atoms with Crippen molar-refractivity contribution < 1.29 is 0 Å². The van der Waals surface area contributed by atoms with Gasteiger partial charge in [0.15, 0.2) is 0 Å². The Morgan fingerprint density at radius 3 is 2.33 bits per heavy atom. The topological polar surface area (TPSA) is 29.3 Å². The molecule has 2 rings (SSSR count). The molecule has 0 aliphatic carbocycles. The van der Waals surface area contributed by atoms with Gasteiger partial charge in [-0.3, -0.25) is 0 Å². The van der Waals surface area contributed by atoms with Gasteiger partial charge in [0.25, 0.3) is 0 Å². The number of likely N-dealkylation sites (N-methyl/N-ethyl adjacent to an activating group) is 1. The fourth-order valence-corrected chi connectivity index (χ4v) is 2.88. The maximum Gasteiger partial charge on any atom is 0.0661 e. The van der Waals surface area contributed by atoms with Gasteiger partial charge in [0.1, 0.15) is 0 Å². The van der Waals surface area contributed by atoms with E-state index in [9.17, 15) is 0 Å². The molecular weight excluding hydrogens is 324 g/mol. The van der Waals surface area contributed by atoms with Crippen molar-refractivity contribution >= 4 is 21.6 Å². The minimum Gasteiger partial charge on any atom is -0.366 e. The first-order chi connectivity index (χ1) is 10.1. The third-order valence-electron chi connectivity index (χ3n) is 4.02. The van der Waals surface area contributed by atoms with Crippen molar-refractivity contribution in [3.8, 4) is 0 Å². The molecule has 0 amide bonds. The first-order valence-electron chi connectivity index (χ1n) is 7.34. The highest BCUT2D eigenvalue weighted by Gasteiger charge is 2.16. The van der Waals surface area contributed by atoms with Crippen molar-refractivity contribution in [2.45, 2.75) is 26.3 Å². The van der Waals surface area contributed by atoms with Gasteiger partial charge < -0.3 is 10.6 Å². The third-order valence-corrected chi connectivity index (χ3v) is 4.88. The Morgan fingerprint density at radius 1 is 1.14 bits per heavy atom. The predicted octanol–water partition coefficient (Wildman–Crippen LogP) is 4.46. The summed E-state index contributed by atoms with van der Waals surface area (Å²) in [6.07, 6.45) is 1.06. The fraction of sp³-hybridized carbons (Fsp3) is 0.333. The average Bonchev–Trinajstić information content (AvgIpc) is 2.51. The minimum atomic E-state index is 0.175. The molecule has 0 aliphatic heterocycles. The van der Waals surface area contributed by atoms with E-state index in [2.05, 4.69) is 84.2 Å². The number of hydrogen-bond acceptors (Lipinski definition) is 2. The van der Waals surface area contributed by atoms with Crippen LogP contribution < -0.4 is 10.6 Å². The Labute approximate surface area is 136 Å². The van der Waals surface area contributed by atoms with Crippen LogP contribution in [0.25, 0.3) is 0 Å². The molecule has 0 spiro atoms. The van der Waals surface area contributed by atoms with E-state index in [0.29, 0.717) is 6.54 Å². The van der Waals surface area contributed by atoms with Crippen LogP contribution in [0, 0.1) is 6.92 Å². The van der Waals surface area contributed by atoms with E-state index in [-0.39, 0.29) is 6.04 Å². The summed E-state index contributed by atoms with van der Waals surface area (Å²) in [6, 6.07) is 15.4. The van der Waals surface area contributed by atoms with Gasteiger partial charge in [-0.15, -0.1) is 0 Å². The molecule has 21 heavy (non-hydrogen) atoms. The van der Waals surface area contributed by atoms with E-state index in [1.54, 1.807) is 0 Å². The largest absolute Gasteiger partial charge is 0.366 e. The molecule has 2 nitrogen and oxygen atoms in total. The molecule has 2 N–H and O–H groups in total. The molecule has 0 bridgehead atoms. The van der Waals surface area contributed by atoms with Gasteiger partial charge in [-0.25, -0.2) is 0 Å². The number of halogens is 1. The number of rotatable bonds is 5. The molecule has 3 heteroatoms. The molecule has 0 saturated carbocycles. The van der Waals surface area contributed by atoms with E-state index in [0.717, 1.165) is 10.9 Å². The summed E-state index contributed by atoms with van der Waals surface area (Å²) in [7, 11) is 2.10. The van der Waals surface area contributed by atoms with Crippen molar-refractivity contribution in [1.82, 2.24) is 0 Å². The summed E-state index contributed by atoms with van der Waals surface area (Å²) in [5, 5.41) is 0. The summed E-state index contributed by atoms with van der Waals surface area (Å²) in [5.41, 5.74) is 11.1. The number of anilines is 1. The lowest BCUT2D eigenvalue weighted by Crippen LogP contribution is -2.30. The van der Waals surface area contributed by atoms with Crippen LogP contribution in [0.4, 0.5) is 5.69 Å². The van der Waals surface area contributed by atoms with Crippen molar-refractivity contribution in [2.75, 3.05) is 18.5 Å². The van der Waals surface area contributed by atoms with Crippen LogP contribution in [0.2, 0.25) is 0 Å². The van der Waals surface area contributed by atoms with Crippen LogP contribution in [-0.2, 0) is 6.42 Å². The Hall–Kier alpha value is -1.32. The molecule has 0 saturated heterocycles.